The lowest BCUT2D eigenvalue weighted by molar-refractivity contribution is 0.0691. The number of carboxylic acid groups (broad SMARTS) is 1. The smallest absolute Gasteiger partial charge is 0.338 e. The van der Waals surface area contributed by atoms with Crippen LogP contribution in [0.2, 0.25) is 0 Å². The molecule has 1 heterocycles. The van der Waals surface area contributed by atoms with Crippen LogP contribution in [0, 0.1) is 35.4 Å². The summed E-state index contributed by atoms with van der Waals surface area (Å²) in [4.78, 5) is 12.2. The Labute approximate surface area is 216 Å². The molecule has 0 amide bonds. The molecule has 7 heteroatoms. The van der Waals surface area contributed by atoms with Crippen LogP contribution in [0.1, 0.15) is 85.9 Å². The van der Waals surface area contributed by atoms with E-state index in [1.807, 2.05) is 12.1 Å². The maximum Gasteiger partial charge on any atom is 0.338 e. The van der Waals surface area contributed by atoms with Crippen LogP contribution in [0.25, 0.3) is 0 Å². The number of rotatable bonds is 6. The Hall–Kier alpha value is -2.17. The van der Waals surface area contributed by atoms with Crippen molar-refractivity contribution in [3.05, 3.63) is 40.5 Å². The van der Waals surface area contributed by atoms with Crippen LogP contribution in [-0.2, 0) is 0 Å². The molecule has 0 aliphatic heterocycles. The molecule has 0 saturated heterocycles. The maximum absolute atomic E-state index is 14.1. The summed E-state index contributed by atoms with van der Waals surface area (Å²) in [6, 6.07) is 6.37. The number of methoxy groups -OCH3 is 1. The highest BCUT2D eigenvalue weighted by Gasteiger charge is 2.25. The van der Waals surface area contributed by atoms with Crippen LogP contribution in [0.3, 0.4) is 0 Å². The third kappa shape index (κ3) is 7.17. The van der Waals surface area contributed by atoms with E-state index in [4.69, 9.17) is 9.84 Å². The summed E-state index contributed by atoms with van der Waals surface area (Å²) in [5, 5.41) is 9.10. The highest BCUT2D eigenvalue weighted by molar-refractivity contribution is 8.02. The molecule has 2 aliphatic carbocycles. The number of ether oxygens (including phenoxy) is 1. The molecule has 2 unspecified atom stereocenters. The van der Waals surface area contributed by atoms with E-state index in [2.05, 4.69) is 16.6 Å². The lowest BCUT2D eigenvalue weighted by atomic mass is 9.81. The first kappa shape index (κ1) is 25.9. The van der Waals surface area contributed by atoms with Crippen LogP contribution >= 0.6 is 23.3 Å². The summed E-state index contributed by atoms with van der Waals surface area (Å²) in [6.45, 7) is 0. The van der Waals surface area contributed by atoms with E-state index in [0.717, 1.165) is 27.0 Å². The zero-order valence-corrected chi connectivity index (χ0v) is 21.9. The lowest BCUT2D eigenvalue weighted by Crippen LogP contribution is -2.13. The van der Waals surface area contributed by atoms with E-state index in [9.17, 15) is 9.18 Å². The van der Waals surface area contributed by atoms with Crippen LogP contribution in [0.4, 0.5) is 10.1 Å². The standard InChI is InChI=1S/C28H34FNO3S2/c1-33-26-17-23(28(31)32)24(29)18-25(26)30-35-27-16-15-22(34-27)14-12-19-7-6-10-21(13-11-19)20-8-4-2-3-5-9-20/h15-21,30H,2-11,13H2,1H3,(H,31,32). The molecule has 2 N–H and O–H groups in total. The Morgan fingerprint density at radius 3 is 2.54 bits per heavy atom. The molecule has 2 aliphatic rings. The molecule has 188 valence electrons. The molecule has 2 saturated carbocycles. The van der Waals surface area contributed by atoms with Crippen molar-refractivity contribution in [1.82, 2.24) is 0 Å². The second kappa shape index (κ2) is 12.7. The van der Waals surface area contributed by atoms with E-state index >= 15 is 0 Å². The second-order valence-electron chi connectivity index (χ2n) is 9.65. The second-order valence-corrected chi connectivity index (χ2v) is 11.8. The van der Waals surface area contributed by atoms with E-state index in [1.54, 1.807) is 11.3 Å². The van der Waals surface area contributed by atoms with Gasteiger partial charge in [0.05, 0.1) is 27.4 Å². The van der Waals surface area contributed by atoms with Crippen LogP contribution in [-0.4, -0.2) is 18.2 Å². The SMILES string of the molecule is COc1cc(C(=O)O)c(F)cc1NSc1ccc(C#CC2CCCC(C3CCCCCC3)CC2)s1. The molecule has 0 radical (unpaired) electrons. The fourth-order valence-corrected chi connectivity index (χ4v) is 7.08. The number of benzene rings is 1. The summed E-state index contributed by atoms with van der Waals surface area (Å²) in [7, 11) is 1.43. The molecule has 0 bridgehead atoms. The van der Waals surface area contributed by atoms with E-state index in [-0.39, 0.29) is 5.75 Å². The number of aromatic carboxylic acids is 1. The fraction of sp³-hybridized carbons (Fsp3) is 0.536. The summed E-state index contributed by atoms with van der Waals surface area (Å²) < 4.78 is 23.4. The van der Waals surface area contributed by atoms with Crippen LogP contribution in [0.15, 0.2) is 28.5 Å². The Morgan fingerprint density at radius 2 is 1.80 bits per heavy atom. The summed E-state index contributed by atoms with van der Waals surface area (Å²) in [5.74, 6) is 7.44. The molecule has 2 fully saturated rings. The summed E-state index contributed by atoms with van der Waals surface area (Å²) in [5.41, 5.74) is -0.0205. The average molecular weight is 516 g/mol. The molecule has 2 aromatic rings. The number of hydrogen-bond acceptors (Lipinski definition) is 5. The van der Waals surface area contributed by atoms with Crippen molar-refractivity contribution < 1.29 is 19.0 Å². The van der Waals surface area contributed by atoms with Gasteiger partial charge in [-0.1, -0.05) is 63.2 Å². The van der Waals surface area contributed by atoms with Gasteiger partial charge in [-0.2, -0.15) is 0 Å². The van der Waals surface area contributed by atoms with Crippen molar-refractivity contribution in [1.29, 1.82) is 0 Å². The van der Waals surface area contributed by atoms with E-state index in [1.165, 1.54) is 95.8 Å². The van der Waals surface area contributed by atoms with Crippen molar-refractivity contribution in [2.75, 3.05) is 11.8 Å². The molecule has 35 heavy (non-hydrogen) atoms. The predicted molar refractivity (Wildman–Crippen MR) is 142 cm³/mol. The first-order valence-corrected chi connectivity index (χ1v) is 14.3. The van der Waals surface area contributed by atoms with E-state index < -0.39 is 17.3 Å². The first-order valence-electron chi connectivity index (χ1n) is 12.7. The minimum atomic E-state index is -1.32. The third-order valence-corrected chi connectivity index (χ3v) is 9.30. The van der Waals surface area contributed by atoms with Crippen molar-refractivity contribution in [2.24, 2.45) is 17.8 Å². The monoisotopic (exact) mass is 515 g/mol. The highest BCUT2D eigenvalue weighted by Crippen LogP contribution is 2.38. The van der Waals surface area contributed by atoms with Gasteiger partial charge in [-0.25, -0.2) is 9.18 Å². The molecular formula is C28H34FNO3S2. The molecule has 1 aromatic heterocycles. The van der Waals surface area contributed by atoms with Crippen LogP contribution < -0.4 is 9.46 Å². The quantitative estimate of drug-likeness (QED) is 0.230. The van der Waals surface area contributed by atoms with Gasteiger partial charge in [0.25, 0.3) is 0 Å². The largest absolute Gasteiger partial charge is 0.495 e. The number of anilines is 1. The number of carboxylic acids is 1. The molecule has 4 rings (SSSR count). The van der Waals surface area contributed by atoms with Gasteiger partial charge in [0.15, 0.2) is 0 Å². The van der Waals surface area contributed by atoms with Gasteiger partial charge in [-0.3, -0.25) is 0 Å². The number of halogens is 1. The lowest BCUT2D eigenvalue weighted by Gasteiger charge is -2.24. The Bertz CT molecular complexity index is 1070. The number of carbonyl (C=O) groups is 1. The molecule has 2 atom stereocenters. The minimum absolute atomic E-state index is 0.281. The number of thiophene rings is 1. The molecule has 0 spiro atoms. The fourth-order valence-electron chi connectivity index (χ4n) is 5.42. The van der Waals surface area contributed by atoms with Crippen molar-refractivity contribution in [2.45, 2.75) is 74.8 Å². The van der Waals surface area contributed by atoms with Crippen LogP contribution in [0.5, 0.6) is 5.75 Å². The zero-order chi connectivity index (χ0) is 24.6. The van der Waals surface area contributed by atoms with Gasteiger partial charge in [0.1, 0.15) is 11.6 Å². The highest BCUT2D eigenvalue weighted by atomic mass is 32.2. The summed E-state index contributed by atoms with van der Waals surface area (Å²) in [6.07, 6.45) is 15.0. The van der Waals surface area contributed by atoms with E-state index in [0.29, 0.717) is 11.6 Å². The number of nitrogens with one attached hydrogen (secondary N) is 1. The summed E-state index contributed by atoms with van der Waals surface area (Å²) >= 11 is 2.93. The van der Waals surface area contributed by atoms with Gasteiger partial charge >= 0.3 is 5.97 Å². The topological polar surface area (TPSA) is 58.6 Å². The normalized spacial score (nSPS) is 21.3. The van der Waals surface area contributed by atoms with Crippen molar-refractivity contribution >= 4 is 34.9 Å². The van der Waals surface area contributed by atoms with Crippen molar-refractivity contribution in [3.63, 3.8) is 0 Å². The Balaban J connectivity index is 1.32. The Morgan fingerprint density at radius 1 is 1.06 bits per heavy atom. The Kier molecular flexibility index (Phi) is 9.39. The molecular weight excluding hydrogens is 481 g/mol. The first-order chi connectivity index (χ1) is 17.0. The average Bonchev–Trinajstić information content (AvgIpc) is 3.02. The zero-order valence-electron chi connectivity index (χ0n) is 20.3. The van der Waals surface area contributed by atoms with Crippen molar-refractivity contribution in [3.8, 4) is 17.6 Å². The molecule has 1 aromatic carbocycles. The molecule has 4 nitrogen and oxygen atoms in total. The number of hydrogen-bond donors (Lipinski definition) is 2. The minimum Gasteiger partial charge on any atom is -0.495 e. The third-order valence-electron chi connectivity index (χ3n) is 7.34. The predicted octanol–water partition coefficient (Wildman–Crippen LogP) is 8.23. The van der Waals surface area contributed by atoms with Gasteiger partial charge < -0.3 is 14.6 Å². The maximum atomic E-state index is 14.1. The van der Waals surface area contributed by atoms with Gasteiger partial charge in [-0.15, -0.1) is 11.3 Å². The van der Waals surface area contributed by atoms with Gasteiger partial charge in [-0.05, 0) is 61.2 Å². The van der Waals surface area contributed by atoms with Gasteiger partial charge in [0, 0.05) is 12.0 Å². The van der Waals surface area contributed by atoms with Gasteiger partial charge in [0.2, 0.25) is 0 Å².